The Morgan fingerprint density at radius 2 is 1.59 bits per heavy atom. The van der Waals surface area contributed by atoms with Crippen LogP contribution < -0.4 is 0 Å². The molecule has 0 spiro atoms. The lowest BCUT2D eigenvalue weighted by Gasteiger charge is -2.14. The van der Waals surface area contributed by atoms with Crippen molar-refractivity contribution in [3.63, 3.8) is 0 Å². The number of aldehydes is 1. The number of carbonyl (C=O) groups is 1. The maximum Gasteiger partial charge on any atom is 0.127 e. The van der Waals surface area contributed by atoms with Gasteiger partial charge in [-0.2, -0.15) is 0 Å². The molecule has 2 saturated carbocycles. The van der Waals surface area contributed by atoms with Crippen molar-refractivity contribution >= 4 is 17.1 Å². The van der Waals surface area contributed by atoms with Crippen molar-refractivity contribution in [3.05, 3.63) is 83.9 Å². The highest BCUT2D eigenvalue weighted by molar-refractivity contribution is 5.88. The molecule has 5 rings (SSSR count). The summed E-state index contributed by atoms with van der Waals surface area (Å²) in [7, 11) is 0. The zero-order valence-electron chi connectivity index (χ0n) is 12.2. The van der Waals surface area contributed by atoms with E-state index in [4.69, 9.17) is 0 Å². The van der Waals surface area contributed by atoms with Gasteiger partial charge in [0.2, 0.25) is 0 Å². The summed E-state index contributed by atoms with van der Waals surface area (Å²) in [6.45, 7) is 0. The highest BCUT2D eigenvalue weighted by Crippen LogP contribution is 2.92. The van der Waals surface area contributed by atoms with Crippen LogP contribution in [-0.4, -0.2) is 6.29 Å². The molecule has 3 aromatic carbocycles. The van der Waals surface area contributed by atoms with E-state index in [0.717, 1.165) is 6.42 Å². The summed E-state index contributed by atoms with van der Waals surface area (Å²) in [6.07, 6.45) is 2.21. The molecule has 0 radical (unpaired) electrons. The van der Waals surface area contributed by atoms with E-state index < -0.39 is 0 Å². The Kier molecular flexibility index (Phi) is 2.14. The summed E-state index contributed by atoms with van der Waals surface area (Å²) in [5.74, 6) is 0.351. The van der Waals surface area contributed by atoms with Crippen LogP contribution in [0.25, 0.3) is 10.8 Å². The van der Waals surface area contributed by atoms with Crippen LogP contribution >= 0.6 is 0 Å². The predicted octanol–water partition coefficient (Wildman–Crippen LogP) is 4.46. The summed E-state index contributed by atoms with van der Waals surface area (Å²) < 4.78 is 0. The molecule has 0 saturated heterocycles. The van der Waals surface area contributed by atoms with Crippen LogP contribution in [0.15, 0.2) is 72.8 Å². The third kappa shape index (κ3) is 1.28. The van der Waals surface area contributed by atoms with E-state index in [9.17, 15) is 4.79 Å². The maximum atomic E-state index is 11.8. The van der Waals surface area contributed by atoms with Gasteiger partial charge >= 0.3 is 0 Å². The van der Waals surface area contributed by atoms with Crippen LogP contribution in [0.2, 0.25) is 0 Å². The monoisotopic (exact) mass is 284 g/mol. The number of hydrogen-bond donors (Lipinski definition) is 0. The molecule has 3 aromatic rings. The molecule has 0 bridgehead atoms. The number of fused-ring (bicyclic) bond motifs is 2. The molecule has 2 fully saturated rings. The van der Waals surface area contributed by atoms with Crippen LogP contribution in [0.5, 0.6) is 0 Å². The van der Waals surface area contributed by atoms with Gasteiger partial charge in [0.05, 0.1) is 0 Å². The van der Waals surface area contributed by atoms with Crippen LogP contribution in [0, 0.1) is 5.41 Å². The van der Waals surface area contributed by atoms with Crippen molar-refractivity contribution in [3.8, 4) is 0 Å². The quantitative estimate of drug-likeness (QED) is 0.649. The first-order valence-corrected chi connectivity index (χ1v) is 7.82. The van der Waals surface area contributed by atoms with E-state index in [1.807, 2.05) is 6.07 Å². The Hall–Kier alpha value is -2.41. The Bertz CT molecular complexity index is 898. The zero-order chi connectivity index (χ0) is 14.8. The molecule has 3 unspecified atom stereocenters. The fraction of sp³-hybridized carbons (Fsp3) is 0.190. The largest absolute Gasteiger partial charge is 0.303 e. The molecule has 0 aliphatic heterocycles. The minimum Gasteiger partial charge on any atom is -0.303 e. The van der Waals surface area contributed by atoms with E-state index in [-0.39, 0.29) is 10.8 Å². The molecule has 0 heterocycles. The molecule has 0 amide bonds. The lowest BCUT2D eigenvalue weighted by Crippen LogP contribution is -2.04. The Morgan fingerprint density at radius 1 is 0.864 bits per heavy atom. The van der Waals surface area contributed by atoms with Crippen LogP contribution in [0.4, 0.5) is 0 Å². The maximum absolute atomic E-state index is 11.8. The van der Waals surface area contributed by atoms with Gasteiger partial charge in [-0.25, -0.2) is 0 Å². The predicted molar refractivity (Wildman–Crippen MR) is 87.9 cm³/mol. The van der Waals surface area contributed by atoms with Gasteiger partial charge in [0.15, 0.2) is 0 Å². The van der Waals surface area contributed by atoms with Gasteiger partial charge in [0.1, 0.15) is 6.29 Å². The van der Waals surface area contributed by atoms with E-state index in [0.29, 0.717) is 5.92 Å². The van der Waals surface area contributed by atoms with Gasteiger partial charge in [-0.15, -0.1) is 0 Å². The zero-order valence-corrected chi connectivity index (χ0v) is 12.2. The molecule has 2 aliphatic rings. The van der Waals surface area contributed by atoms with Gasteiger partial charge in [0, 0.05) is 16.7 Å². The van der Waals surface area contributed by atoms with E-state index >= 15 is 0 Å². The average molecular weight is 284 g/mol. The average Bonchev–Trinajstić information content (AvgIpc) is 3.42. The number of benzene rings is 3. The number of carbonyl (C=O) groups excluding carboxylic acids is 1. The van der Waals surface area contributed by atoms with Crippen molar-refractivity contribution in [1.29, 1.82) is 0 Å². The SMILES string of the molecule is O=CC12CC1(c1ccccc1)C2c1ccc2ccccc2c1. The highest BCUT2D eigenvalue weighted by atomic mass is 16.1. The fourth-order valence-electron chi connectivity index (χ4n) is 4.57. The normalized spacial score (nSPS) is 31.5. The highest BCUT2D eigenvalue weighted by Gasteiger charge is 2.91. The third-order valence-corrected chi connectivity index (χ3v) is 5.81. The van der Waals surface area contributed by atoms with Crippen LogP contribution in [0.1, 0.15) is 23.5 Å². The minimum atomic E-state index is -0.142. The molecule has 22 heavy (non-hydrogen) atoms. The van der Waals surface area contributed by atoms with Gasteiger partial charge in [-0.3, -0.25) is 0 Å². The van der Waals surface area contributed by atoms with Crippen molar-refractivity contribution in [2.24, 2.45) is 5.41 Å². The summed E-state index contributed by atoms with van der Waals surface area (Å²) >= 11 is 0. The fourth-order valence-corrected chi connectivity index (χ4v) is 4.57. The van der Waals surface area contributed by atoms with E-state index in [1.54, 1.807) is 0 Å². The topological polar surface area (TPSA) is 17.1 Å². The lowest BCUT2D eigenvalue weighted by atomic mass is 9.89. The molecule has 106 valence electrons. The van der Waals surface area contributed by atoms with Gasteiger partial charge in [0.25, 0.3) is 0 Å². The molecule has 1 heteroatoms. The van der Waals surface area contributed by atoms with E-state index in [2.05, 4.69) is 66.7 Å². The first kappa shape index (κ1) is 12.2. The molecule has 2 aliphatic carbocycles. The number of rotatable bonds is 3. The first-order chi connectivity index (χ1) is 10.8. The summed E-state index contributed by atoms with van der Waals surface area (Å²) in [6, 6.07) is 25.6. The molecule has 1 nitrogen and oxygen atoms in total. The third-order valence-electron chi connectivity index (χ3n) is 5.81. The van der Waals surface area contributed by atoms with Crippen molar-refractivity contribution < 1.29 is 4.79 Å². The van der Waals surface area contributed by atoms with Crippen molar-refractivity contribution in [2.45, 2.75) is 17.8 Å². The van der Waals surface area contributed by atoms with Crippen LogP contribution in [-0.2, 0) is 10.2 Å². The smallest absolute Gasteiger partial charge is 0.127 e. The minimum absolute atomic E-state index is 0.0679. The Morgan fingerprint density at radius 3 is 2.36 bits per heavy atom. The molecular weight excluding hydrogens is 268 g/mol. The lowest BCUT2D eigenvalue weighted by molar-refractivity contribution is -0.110. The second kappa shape index (κ2) is 3.86. The van der Waals surface area contributed by atoms with Crippen LogP contribution in [0.3, 0.4) is 0 Å². The second-order valence-corrected chi connectivity index (χ2v) is 6.71. The van der Waals surface area contributed by atoms with Gasteiger partial charge < -0.3 is 4.79 Å². The molecular formula is C21H16O. The standard InChI is InChI=1S/C21H16O/c22-14-20-13-21(20,18-8-2-1-3-9-18)19(20)17-11-10-15-6-4-5-7-16(15)12-17/h1-12,14,19H,13H2. The van der Waals surface area contributed by atoms with E-state index in [1.165, 1.54) is 28.2 Å². The molecule has 3 atom stereocenters. The summed E-state index contributed by atoms with van der Waals surface area (Å²) in [5.41, 5.74) is 2.55. The Balaban J connectivity index is 1.62. The molecule has 0 aromatic heterocycles. The van der Waals surface area contributed by atoms with Crippen molar-refractivity contribution in [1.82, 2.24) is 0 Å². The number of hydrogen-bond acceptors (Lipinski definition) is 1. The first-order valence-electron chi connectivity index (χ1n) is 7.82. The van der Waals surface area contributed by atoms with Gasteiger partial charge in [-0.1, -0.05) is 72.8 Å². The van der Waals surface area contributed by atoms with Crippen molar-refractivity contribution in [2.75, 3.05) is 0 Å². The summed E-state index contributed by atoms with van der Waals surface area (Å²) in [4.78, 5) is 11.8. The Labute approximate surface area is 129 Å². The second-order valence-electron chi connectivity index (χ2n) is 6.71. The molecule has 0 N–H and O–H groups in total. The summed E-state index contributed by atoms with van der Waals surface area (Å²) in [5, 5.41) is 2.52. The van der Waals surface area contributed by atoms with Gasteiger partial charge in [-0.05, 0) is 28.3 Å².